The lowest BCUT2D eigenvalue weighted by Gasteiger charge is -1.92. The van der Waals surface area contributed by atoms with E-state index in [4.69, 9.17) is 11.6 Å². The van der Waals surface area contributed by atoms with Crippen molar-refractivity contribution in [1.29, 1.82) is 0 Å². The largest absolute Gasteiger partial charge is 0.351 e. The van der Waals surface area contributed by atoms with Crippen molar-refractivity contribution in [3.8, 4) is 5.82 Å². The second kappa shape index (κ2) is 3.97. The van der Waals surface area contributed by atoms with Crippen LogP contribution in [0.5, 0.6) is 0 Å². The van der Waals surface area contributed by atoms with Gasteiger partial charge in [-0.2, -0.15) is 0 Å². The van der Waals surface area contributed by atoms with Gasteiger partial charge in [-0.1, -0.05) is 11.6 Å². The highest BCUT2D eigenvalue weighted by Crippen LogP contribution is 2.19. The summed E-state index contributed by atoms with van der Waals surface area (Å²) in [5.74, 6) is 0.565. The molecule has 0 bridgehead atoms. The minimum absolute atomic E-state index is 0.338. The first-order chi connectivity index (χ1) is 7.63. The predicted octanol–water partition coefficient (Wildman–Crippen LogP) is 1.75. The van der Waals surface area contributed by atoms with E-state index in [-0.39, 0.29) is 0 Å². The molecule has 0 saturated carbocycles. The number of hydrogen-bond donors (Lipinski definition) is 1. The highest BCUT2D eigenvalue weighted by molar-refractivity contribution is 6.29. The Labute approximate surface area is 96.3 Å². The summed E-state index contributed by atoms with van der Waals surface area (Å²) in [4.78, 5) is 18.5. The third-order valence-corrected chi connectivity index (χ3v) is 2.46. The molecule has 2 heterocycles. The van der Waals surface area contributed by atoms with E-state index in [1.807, 2.05) is 0 Å². The average Bonchev–Trinajstić information content (AvgIpc) is 2.54. The van der Waals surface area contributed by atoms with Crippen LogP contribution < -0.4 is 4.68 Å². The van der Waals surface area contributed by atoms with Crippen molar-refractivity contribution in [3.05, 3.63) is 33.8 Å². The molecule has 82 valence electrons. The number of aryl methyl sites for hydroxylation is 1. The highest BCUT2D eigenvalue weighted by atomic mass is 35.5. The van der Waals surface area contributed by atoms with Crippen LogP contribution in [-0.4, -0.2) is 15.1 Å². The number of H-pyrrole nitrogens is 1. The van der Waals surface area contributed by atoms with Gasteiger partial charge in [0.25, 0.3) is 0 Å². The Balaban J connectivity index is 2.61. The Hall–Kier alpha value is -1.82. The van der Waals surface area contributed by atoms with Gasteiger partial charge >= 0.3 is 5.82 Å². The third kappa shape index (κ3) is 1.67. The molecule has 7 heteroatoms. The zero-order valence-corrected chi connectivity index (χ0v) is 9.49. The molecule has 0 aromatic carbocycles. The summed E-state index contributed by atoms with van der Waals surface area (Å²) in [6, 6.07) is 1.60. The van der Waals surface area contributed by atoms with Crippen LogP contribution >= 0.6 is 11.6 Å². The average molecular weight is 239 g/mol. The van der Waals surface area contributed by atoms with E-state index in [1.165, 1.54) is 6.33 Å². The number of aromatic nitrogens is 4. The molecule has 0 fully saturated rings. The van der Waals surface area contributed by atoms with Crippen molar-refractivity contribution in [2.75, 3.05) is 0 Å². The van der Waals surface area contributed by atoms with Crippen molar-refractivity contribution in [2.45, 2.75) is 13.8 Å². The van der Waals surface area contributed by atoms with Gasteiger partial charge in [0.15, 0.2) is 11.4 Å². The second-order valence-corrected chi connectivity index (χ2v) is 3.68. The smallest absolute Gasteiger partial charge is 0.226 e. The fourth-order valence-corrected chi connectivity index (χ4v) is 1.63. The standard InChI is InChI=1S/C9H8ClN5O/c1-5-9(14-16)6(2)15(13-5)8-3-7(10)11-4-12-8/h3-4H,1-2H3/p+1. The van der Waals surface area contributed by atoms with Gasteiger partial charge in [-0.05, 0) is 17.1 Å². The van der Waals surface area contributed by atoms with E-state index in [9.17, 15) is 4.91 Å². The van der Waals surface area contributed by atoms with Crippen LogP contribution in [0.1, 0.15) is 11.4 Å². The maximum Gasteiger partial charge on any atom is 0.351 e. The molecule has 0 amide bonds. The molecule has 0 atom stereocenters. The van der Waals surface area contributed by atoms with Gasteiger partial charge in [-0.25, -0.2) is 10.1 Å². The minimum Gasteiger partial charge on any atom is -0.226 e. The third-order valence-electron chi connectivity index (χ3n) is 2.25. The van der Waals surface area contributed by atoms with Crippen molar-refractivity contribution in [1.82, 2.24) is 15.1 Å². The molecule has 16 heavy (non-hydrogen) atoms. The van der Waals surface area contributed by atoms with E-state index in [2.05, 4.69) is 20.2 Å². The summed E-state index contributed by atoms with van der Waals surface area (Å²) < 4.78 is 1.64. The van der Waals surface area contributed by atoms with Gasteiger partial charge in [0.1, 0.15) is 5.15 Å². The number of aromatic amines is 1. The molecule has 0 aliphatic rings. The summed E-state index contributed by atoms with van der Waals surface area (Å²) in [7, 11) is 0. The Morgan fingerprint density at radius 1 is 1.44 bits per heavy atom. The first kappa shape index (κ1) is 10.7. The Bertz CT molecular complexity index is 551. The van der Waals surface area contributed by atoms with E-state index in [1.54, 1.807) is 24.6 Å². The van der Waals surface area contributed by atoms with Crippen LogP contribution in [0.25, 0.3) is 5.82 Å². The molecule has 0 unspecified atom stereocenters. The summed E-state index contributed by atoms with van der Waals surface area (Å²) in [6.07, 6.45) is 1.36. The molecule has 0 radical (unpaired) electrons. The highest BCUT2D eigenvalue weighted by Gasteiger charge is 2.20. The topological polar surface area (TPSA) is 74.9 Å². The molecule has 2 rings (SSSR count). The SMILES string of the molecule is Cc1[nH][n+](-c2cc(Cl)ncn2)c(C)c1N=O. The number of rotatable bonds is 2. The zero-order valence-electron chi connectivity index (χ0n) is 8.73. The maximum absolute atomic E-state index is 10.6. The van der Waals surface area contributed by atoms with Gasteiger partial charge in [0, 0.05) is 6.92 Å². The number of nitroso groups, excluding NO2 is 1. The maximum atomic E-state index is 10.6. The van der Waals surface area contributed by atoms with Crippen LogP contribution in [0.15, 0.2) is 17.6 Å². The molecule has 0 spiro atoms. The Morgan fingerprint density at radius 2 is 2.19 bits per heavy atom. The number of hydrogen-bond acceptors (Lipinski definition) is 4. The minimum atomic E-state index is 0.338. The molecule has 0 aliphatic carbocycles. The van der Waals surface area contributed by atoms with Gasteiger partial charge < -0.3 is 0 Å². The summed E-state index contributed by atoms with van der Waals surface area (Å²) in [5, 5.41) is 6.28. The molecule has 6 nitrogen and oxygen atoms in total. The second-order valence-electron chi connectivity index (χ2n) is 3.30. The first-order valence-corrected chi connectivity index (χ1v) is 4.93. The van der Waals surface area contributed by atoms with Crippen molar-refractivity contribution in [3.63, 3.8) is 0 Å². The van der Waals surface area contributed by atoms with E-state index < -0.39 is 0 Å². The van der Waals surface area contributed by atoms with Crippen molar-refractivity contribution < 1.29 is 4.68 Å². The normalized spacial score (nSPS) is 10.4. The van der Waals surface area contributed by atoms with Crippen molar-refractivity contribution in [2.24, 2.45) is 5.18 Å². The van der Waals surface area contributed by atoms with Gasteiger partial charge in [0.2, 0.25) is 6.33 Å². The first-order valence-electron chi connectivity index (χ1n) is 4.56. The van der Waals surface area contributed by atoms with E-state index in [0.717, 1.165) is 0 Å². The fraction of sp³-hybridized carbons (Fsp3) is 0.222. The quantitative estimate of drug-likeness (QED) is 0.492. The lowest BCUT2D eigenvalue weighted by atomic mass is 10.3. The monoisotopic (exact) mass is 238 g/mol. The van der Waals surface area contributed by atoms with Gasteiger partial charge in [-0.15, -0.1) is 9.59 Å². The van der Waals surface area contributed by atoms with Gasteiger partial charge in [-0.3, -0.25) is 0 Å². The van der Waals surface area contributed by atoms with Crippen molar-refractivity contribution >= 4 is 17.3 Å². The number of halogens is 1. The lowest BCUT2D eigenvalue weighted by Crippen LogP contribution is -2.36. The van der Waals surface area contributed by atoms with Crippen LogP contribution in [0.3, 0.4) is 0 Å². The molecular weight excluding hydrogens is 230 g/mol. The fourth-order valence-electron chi connectivity index (χ4n) is 1.49. The molecule has 2 aromatic rings. The van der Waals surface area contributed by atoms with Crippen LogP contribution in [0.4, 0.5) is 5.69 Å². The number of nitrogens with zero attached hydrogens (tertiary/aromatic N) is 4. The summed E-state index contributed by atoms with van der Waals surface area (Å²) >= 11 is 5.76. The van der Waals surface area contributed by atoms with Crippen LogP contribution in [-0.2, 0) is 0 Å². The van der Waals surface area contributed by atoms with Crippen LogP contribution in [0, 0.1) is 18.8 Å². The number of nitrogens with one attached hydrogen (secondary N) is 1. The zero-order chi connectivity index (χ0) is 11.7. The Morgan fingerprint density at radius 3 is 2.75 bits per heavy atom. The molecule has 2 aromatic heterocycles. The predicted molar refractivity (Wildman–Crippen MR) is 57.9 cm³/mol. The summed E-state index contributed by atoms with van der Waals surface area (Å²) in [5.41, 5.74) is 1.75. The summed E-state index contributed by atoms with van der Waals surface area (Å²) in [6.45, 7) is 3.54. The molecular formula is C9H9ClN5O+. The van der Waals surface area contributed by atoms with Gasteiger partial charge in [0.05, 0.1) is 11.8 Å². The molecule has 0 saturated heterocycles. The van der Waals surface area contributed by atoms with E-state index >= 15 is 0 Å². The Kier molecular flexibility index (Phi) is 2.66. The lowest BCUT2D eigenvalue weighted by molar-refractivity contribution is -0.665. The van der Waals surface area contributed by atoms with E-state index in [0.29, 0.717) is 28.0 Å². The van der Waals surface area contributed by atoms with Crippen LogP contribution in [0.2, 0.25) is 5.15 Å². The molecule has 1 N–H and O–H groups in total. The molecule has 0 aliphatic heterocycles.